The van der Waals surface area contributed by atoms with Crippen molar-refractivity contribution in [1.82, 2.24) is 9.88 Å². The van der Waals surface area contributed by atoms with Gasteiger partial charge in [0, 0.05) is 25.0 Å². The number of nitrogens with zero attached hydrogens (tertiary/aromatic N) is 1. The van der Waals surface area contributed by atoms with Gasteiger partial charge in [-0.05, 0) is 19.1 Å². The van der Waals surface area contributed by atoms with E-state index >= 15 is 0 Å². The molecule has 1 heterocycles. The highest BCUT2D eigenvalue weighted by Crippen LogP contribution is 2.01. The monoisotopic (exact) mass is 198 g/mol. The van der Waals surface area contributed by atoms with Crippen LogP contribution in [0.25, 0.3) is 0 Å². The molecule has 80 valence electrons. The number of nitrogens with one attached hydrogen (secondary N) is 1. The van der Waals surface area contributed by atoms with Crippen LogP contribution in [0.15, 0.2) is 18.3 Å². The molecular formula is C10H18N2O2. The van der Waals surface area contributed by atoms with Crippen molar-refractivity contribution in [2.24, 2.45) is 0 Å². The molecule has 0 aliphatic rings. The number of rotatable bonds is 6. The van der Waals surface area contributed by atoms with E-state index in [-0.39, 0.29) is 19.3 Å². The first-order valence-electron chi connectivity index (χ1n) is 4.91. The Kier molecular flexibility index (Phi) is 4.65. The summed E-state index contributed by atoms with van der Waals surface area (Å²) in [5.41, 5.74) is 1.17. The standard InChI is InChI=1S/C10H18N2O2/c1-2-12-5-3-4-10(12)6-11-9(7-13)8-14/h3-5,9,11,13-14H,2,6-8H2,1H3. The van der Waals surface area contributed by atoms with Crippen molar-refractivity contribution in [1.29, 1.82) is 0 Å². The molecule has 0 saturated carbocycles. The van der Waals surface area contributed by atoms with E-state index in [1.54, 1.807) is 0 Å². The molecule has 1 aromatic heterocycles. The third kappa shape index (κ3) is 2.83. The molecule has 0 aliphatic carbocycles. The summed E-state index contributed by atoms with van der Waals surface area (Å²) in [6, 6.07) is 3.80. The Bertz CT molecular complexity index is 256. The van der Waals surface area contributed by atoms with Gasteiger partial charge >= 0.3 is 0 Å². The summed E-state index contributed by atoms with van der Waals surface area (Å²) in [5, 5.41) is 20.8. The van der Waals surface area contributed by atoms with Gasteiger partial charge in [0.15, 0.2) is 0 Å². The lowest BCUT2D eigenvalue weighted by Gasteiger charge is -2.14. The van der Waals surface area contributed by atoms with Crippen molar-refractivity contribution in [2.45, 2.75) is 26.1 Å². The second-order valence-corrected chi connectivity index (χ2v) is 3.23. The van der Waals surface area contributed by atoms with Gasteiger partial charge in [-0.1, -0.05) is 0 Å². The van der Waals surface area contributed by atoms with Gasteiger partial charge in [-0.3, -0.25) is 0 Å². The van der Waals surface area contributed by atoms with Crippen LogP contribution >= 0.6 is 0 Å². The van der Waals surface area contributed by atoms with Crippen LogP contribution in [0.3, 0.4) is 0 Å². The SMILES string of the molecule is CCn1cccc1CNC(CO)CO. The molecule has 0 fully saturated rings. The van der Waals surface area contributed by atoms with Crippen molar-refractivity contribution in [3.63, 3.8) is 0 Å². The summed E-state index contributed by atoms with van der Waals surface area (Å²) >= 11 is 0. The zero-order chi connectivity index (χ0) is 10.4. The highest BCUT2D eigenvalue weighted by Gasteiger charge is 2.05. The maximum atomic E-state index is 8.85. The van der Waals surface area contributed by atoms with Crippen molar-refractivity contribution >= 4 is 0 Å². The van der Waals surface area contributed by atoms with E-state index in [2.05, 4.69) is 16.8 Å². The fraction of sp³-hybridized carbons (Fsp3) is 0.600. The van der Waals surface area contributed by atoms with Crippen molar-refractivity contribution in [2.75, 3.05) is 13.2 Å². The summed E-state index contributed by atoms with van der Waals surface area (Å²) in [6.45, 7) is 3.62. The minimum atomic E-state index is -0.227. The molecule has 4 nitrogen and oxygen atoms in total. The summed E-state index contributed by atoms with van der Waals surface area (Å²) in [6.07, 6.45) is 2.02. The Morgan fingerprint density at radius 3 is 2.71 bits per heavy atom. The van der Waals surface area contributed by atoms with Gasteiger partial charge in [-0.15, -0.1) is 0 Å². The molecule has 0 atom stereocenters. The minimum absolute atomic E-state index is 0.0384. The van der Waals surface area contributed by atoms with Gasteiger partial charge in [-0.2, -0.15) is 0 Å². The smallest absolute Gasteiger partial charge is 0.0607 e. The zero-order valence-corrected chi connectivity index (χ0v) is 8.48. The molecule has 0 radical (unpaired) electrons. The van der Waals surface area contributed by atoms with E-state index in [1.807, 2.05) is 18.3 Å². The van der Waals surface area contributed by atoms with Gasteiger partial charge in [0.2, 0.25) is 0 Å². The molecule has 0 saturated heterocycles. The van der Waals surface area contributed by atoms with E-state index < -0.39 is 0 Å². The topological polar surface area (TPSA) is 57.4 Å². The maximum Gasteiger partial charge on any atom is 0.0607 e. The largest absolute Gasteiger partial charge is 0.395 e. The number of aryl methyl sites for hydroxylation is 1. The van der Waals surface area contributed by atoms with Crippen LogP contribution in [0.4, 0.5) is 0 Å². The summed E-state index contributed by atoms with van der Waals surface area (Å²) in [7, 11) is 0. The third-order valence-electron chi connectivity index (χ3n) is 2.28. The second-order valence-electron chi connectivity index (χ2n) is 3.23. The van der Waals surface area contributed by atoms with Crippen LogP contribution in [0.1, 0.15) is 12.6 Å². The van der Waals surface area contributed by atoms with Crippen molar-refractivity contribution < 1.29 is 10.2 Å². The second kappa shape index (κ2) is 5.80. The average Bonchev–Trinajstić information content (AvgIpc) is 2.67. The lowest BCUT2D eigenvalue weighted by molar-refractivity contribution is 0.169. The number of aliphatic hydroxyl groups is 2. The van der Waals surface area contributed by atoms with Crippen LogP contribution in [-0.4, -0.2) is 34.0 Å². The molecule has 1 aromatic rings. The third-order valence-corrected chi connectivity index (χ3v) is 2.28. The van der Waals surface area contributed by atoms with Gasteiger partial charge in [-0.25, -0.2) is 0 Å². The Hall–Kier alpha value is -0.840. The fourth-order valence-corrected chi connectivity index (χ4v) is 1.35. The van der Waals surface area contributed by atoms with Crippen LogP contribution in [0.2, 0.25) is 0 Å². The highest BCUT2D eigenvalue weighted by atomic mass is 16.3. The van der Waals surface area contributed by atoms with Crippen LogP contribution in [-0.2, 0) is 13.1 Å². The molecule has 0 amide bonds. The lowest BCUT2D eigenvalue weighted by Crippen LogP contribution is -2.35. The molecule has 0 bridgehead atoms. The highest BCUT2D eigenvalue weighted by molar-refractivity contribution is 5.06. The average molecular weight is 198 g/mol. The Labute approximate surface area is 84.2 Å². The first-order chi connectivity index (χ1) is 6.81. The van der Waals surface area contributed by atoms with Gasteiger partial charge in [0.25, 0.3) is 0 Å². The van der Waals surface area contributed by atoms with Gasteiger partial charge < -0.3 is 20.1 Å². The number of aliphatic hydroxyl groups excluding tert-OH is 2. The first kappa shape index (κ1) is 11.2. The lowest BCUT2D eigenvalue weighted by atomic mass is 10.3. The molecule has 1 rings (SSSR count). The Morgan fingerprint density at radius 1 is 1.43 bits per heavy atom. The van der Waals surface area contributed by atoms with Crippen molar-refractivity contribution in [3.8, 4) is 0 Å². The van der Waals surface area contributed by atoms with Crippen molar-refractivity contribution in [3.05, 3.63) is 24.0 Å². The molecule has 0 aliphatic heterocycles. The van der Waals surface area contributed by atoms with Crippen LogP contribution in [0, 0.1) is 0 Å². The molecule has 4 heteroatoms. The van der Waals surface area contributed by atoms with E-state index in [4.69, 9.17) is 10.2 Å². The maximum absolute atomic E-state index is 8.85. The molecule has 14 heavy (non-hydrogen) atoms. The number of aromatic nitrogens is 1. The fourth-order valence-electron chi connectivity index (χ4n) is 1.35. The first-order valence-corrected chi connectivity index (χ1v) is 4.91. The molecule has 3 N–H and O–H groups in total. The molecule has 0 spiro atoms. The molecule has 0 unspecified atom stereocenters. The Morgan fingerprint density at radius 2 is 2.14 bits per heavy atom. The van der Waals surface area contributed by atoms with E-state index in [9.17, 15) is 0 Å². The summed E-state index contributed by atoms with van der Waals surface area (Å²) in [5.74, 6) is 0. The predicted molar refractivity (Wildman–Crippen MR) is 54.9 cm³/mol. The van der Waals surface area contributed by atoms with Crippen LogP contribution < -0.4 is 5.32 Å². The van der Waals surface area contributed by atoms with E-state index in [0.717, 1.165) is 6.54 Å². The van der Waals surface area contributed by atoms with Crippen LogP contribution in [0.5, 0.6) is 0 Å². The summed E-state index contributed by atoms with van der Waals surface area (Å²) in [4.78, 5) is 0. The normalized spacial score (nSPS) is 11.1. The summed E-state index contributed by atoms with van der Waals surface area (Å²) < 4.78 is 2.12. The minimum Gasteiger partial charge on any atom is -0.395 e. The number of hydrogen-bond donors (Lipinski definition) is 3. The quantitative estimate of drug-likeness (QED) is 0.600. The molecular weight excluding hydrogens is 180 g/mol. The van der Waals surface area contributed by atoms with E-state index in [0.29, 0.717) is 6.54 Å². The predicted octanol–water partition coefficient (Wildman–Crippen LogP) is -0.0492. The Balaban J connectivity index is 2.44. The van der Waals surface area contributed by atoms with Gasteiger partial charge in [0.05, 0.1) is 19.3 Å². The molecule has 0 aromatic carbocycles. The zero-order valence-electron chi connectivity index (χ0n) is 8.48. The van der Waals surface area contributed by atoms with E-state index in [1.165, 1.54) is 5.69 Å². The van der Waals surface area contributed by atoms with Gasteiger partial charge in [0.1, 0.15) is 0 Å². The number of hydrogen-bond acceptors (Lipinski definition) is 3.